The number of benzene rings is 2. The second-order valence-corrected chi connectivity index (χ2v) is 8.07. The average Bonchev–Trinajstić information content (AvgIpc) is 3.02. The quantitative estimate of drug-likeness (QED) is 0.693. The summed E-state index contributed by atoms with van der Waals surface area (Å²) in [5.74, 6) is 1.32. The summed E-state index contributed by atoms with van der Waals surface area (Å²) >= 11 is 0. The SMILES string of the molecule is Cc1c([C@H]2[C@H](CCN)C2(C)C)c2ccccc2n1Cc1ccccc1. The largest absolute Gasteiger partial charge is 0.340 e. The summed E-state index contributed by atoms with van der Waals surface area (Å²) in [5, 5.41) is 1.42. The standard InChI is InChI=1S/C23H28N2/c1-16-21(22-19(13-14-24)23(22,2)3)18-11-7-8-12-20(18)25(16)15-17-9-5-4-6-10-17/h4-12,19,22H,13-15,24H2,1-3H3/t19-,22+/m0/s1. The molecule has 2 aromatic carbocycles. The van der Waals surface area contributed by atoms with Crippen molar-refractivity contribution in [3.05, 3.63) is 71.4 Å². The van der Waals surface area contributed by atoms with Crippen molar-refractivity contribution in [3.8, 4) is 0 Å². The van der Waals surface area contributed by atoms with Gasteiger partial charge in [-0.05, 0) is 54.3 Å². The summed E-state index contributed by atoms with van der Waals surface area (Å²) < 4.78 is 2.49. The predicted octanol–water partition coefficient (Wildman–Crippen LogP) is 5.09. The molecule has 2 atom stereocenters. The summed E-state index contributed by atoms with van der Waals surface area (Å²) in [7, 11) is 0. The molecule has 3 aromatic rings. The summed E-state index contributed by atoms with van der Waals surface area (Å²) in [6, 6.07) is 19.7. The van der Waals surface area contributed by atoms with Crippen LogP contribution in [0.25, 0.3) is 10.9 Å². The zero-order chi connectivity index (χ0) is 17.6. The molecule has 1 saturated carbocycles. The van der Waals surface area contributed by atoms with E-state index in [9.17, 15) is 0 Å². The first-order valence-corrected chi connectivity index (χ1v) is 9.37. The third-order valence-electron chi connectivity index (χ3n) is 6.30. The van der Waals surface area contributed by atoms with Gasteiger partial charge in [-0.25, -0.2) is 0 Å². The Hall–Kier alpha value is -2.06. The van der Waals surface area contributed by atoms with Gasteiger partial charge in [-0.2, -0.15) is 0 Å². The van der Waals surface area contributed by atoms with E-state index in [1.54, 1.807) is 5.56 Å². The Kier molecular flexibility index (Phi) is 3.96. The monoisotopic (exact) mass is 332 g/mol. The van der Waals surface area contributed by atoms with Gasteiger partial charge < -0.3 is 10.3 Å². The van der Waals surface area contributed by atoms with Crippen LogP contribution in [0.4, 0.5) is 0 Å². The fourth-order valence-corrected chi connectivity index (χ4v) is 4.86. The van der Waals surface area contributed by atoms with Gasteiger partial charge in [0, 0.05) is 23.1 Å². The minimum absolute atomic E-state index is 0.353. The van der Waals surface area contributed by atoms with Crippen LogP contribution < -0.4 is 5.73 Å². The molecular weight excluding hydrogens is 304 g/mol. The van der Waals surface area contributed by atoms with Crippen LogP contribution in [-0.2, 0) is 6.54 Å². The highest BCUT2D eigenvalue weighted by Crippen LogP contribution is 2.67. The molecule has 2 nitrogen and oxygen atoms in total. The number of nitrogens with two attached hydrogens (primary N) is 1. The molecule has 1 aliphatic carbocycles. The second-order valence-electron chi connectivity index (χ2n) is 8.07. The van der Waals surface area contributed by atoms with Crippen molar-refractivity contribution in [1.29, 1.82) is 0 Å². The average molecular weight is 332 g/mol. The molecule has 0 radical (unpaired) electrons. The first kappa shape index (κ1) is 16.4. The van der Waals surface area contributed by atoms with Crippen molar-refractivity contribution >= 4 is 10.9 Å². The van der Waals surface area contributed by atoms with Crippen LogP contribution in [-0.4, -0.2) is 11.1 Å². The van der Waals surface area contributed by atoms with Gasteiger partial charge in [0.05, 0.1) is 0 Å². The smallest absolute Gasteiger partial charge is 0.0488 e. The lowest BCUT2D eigenvalue weighted by atomic mass is 10.0. The number of para-hydroxylation sites is 1. The Balaban J connectivity index is 1.82. The third kappa shape index (κ3) is 2.60. The Morgan fingerprint density at radius 1 is 1.00 bits per heavy atom. The Morgan fingerprint density at radius 3 is 2.40 bits per heavy atom. The lowest BCUT2D eigenvalue weighted by molar-refractivity contribution is 0.534. The second kappa shape index (κ2) is 6.03. The lowest BCUT2D eigenvalue weighted by Crippen LogP contribution is -2.03. The number of nitrogens with zero attached hydrogens (tertiary/aromatic N) is 1. The van der Waals surface area contributed by atoms with Crippen LogP contribution in [0.1, 0.15) is 43.0 Å². The number of aromatic nitrogens is 1. The van der Waals surface area contributed by atoms with E-state index in [-0.39, 0.29) is 0 Å². The summed E-state index contributed by atoms with van der Waals surface area (Å²) in [4.78, 5) is 0. The van der Waals surface area contributed by atoms with E-state index in [4.69, 9.17) is 5.73 Å². The highest BCUT2D eigenvalue weighted by atomic mass is 15.0. The molecule has 0 aliphatic heterocycles. The Labute approximate surface area is 150 Å². The molecule has 0 bridgehead atoms. The zero-order valence-electron chi connectivity index (χ0n) is 15.5. The molecule has 0 saturated heterocycles. The minimum atomic E-state index is 0.353. The fourth-order valence-electron chi connectivity index (χ4n) is 4.86. The van der Waals surface area contributed by atoms with Crippen molar-refractivity contribution in [3.63, 3.8) is 0 Å². The molecule has 2 N–H and O–H groups in total. The van der Waals surface area contributed by atoms with Gasteiger partial charge in [0.2, 0.25) is 0 Å². The topological polar surface area (TPSA) is 30.9 Å². The van der Waals surface area contributed by atoms with Crippen molar-refractivity contribution in [2.45, 2.75) is 39.7 Å². The third-order valence-corrected chi connectivity index (χ3v) is 6.30. The first-order valence-electron chi connectivity index (χ1n) is 9.37. The van der Waals surface area contributed by atoms with Crippen LogP contribution in [0.3, 0.4) is 0 Å². The van der Waals surface area contributed by atoms with Crippen LogP contribution in [0.2, 0.25) is 0 Å². The van der Waals surface area contributed by atoms with E-state index in [0.717, 1.165) is 19.5 Å². The Bertz CT molecular complexity index is 889. The predicted molar refractivity (Wildman–Crippen MR) is 106 cm³/mol. The molecule has 130 valence electrons. The maximum Gasteiger partial charge on any atom is 0.0488 e. The lowest BCUT2D eigenvalue weighted by Gasteiger charge is -2.09. The number of fused-ring (bicyclic) bond motifs is 1. The van der Waals surface area contributed by atoms with E-state index < -0.39 is 0 Å². The maximum atomic E-state index is 5.88. The van der Waals surface area contributed by atoms with Crippen LogP contribution in [0.15, 0.2) is 54.6 Å². The molecule has 25 heavy (non-hydrogen) atoms. The summed E-state index contributed by atoms with van der Waals surface area (Å²) in [6.45, 7) is 8.82. The highest BCUT2D eigenvalue weighted by molar-refractivity contribution is 5.87. The number of hydrogen-bond acceptors (Lipinski definition) is 1. The van der Waals surface area contributed by atoms with Gasteiger partial charge in [0.15, 0.2) is 0 Å². The van der Waals surface area contributed by atoms with Crippen LogP contribution in [0, 0.1) is 18.3 Å². The van der Waals surface area contributed by atoms with E-state index >= 15 is 0 Å². The van der Waals surface area contributed by atoms with E-state index in [1.165, 1.54) is 22.2 Å². The molecule has 0 amide bonds. The molecule has 1 fully saturated rings. The summed E-state index contributed by atoms with van der Waals surface area (Å²) in [6.07, 6.45) is 1.12. The maximum absolute atomic E-state index is 5.88. The van der Waals surface area contributed by atoms with Gasteiger partial charge in [-0.3, -0.25) is 0 Å². The van der Waals surface area contributed by atoms with Crippen LogP contribution >= 0.6 is 0 Å². The molecular formula is C23H28N2. The van der Waals surface area contributed by atoms with Gasteiger partial charge in [-0.1, -0.05) is 62.4 Å². The molecule has 1 aromatic heterocycles. The van der Waals surface area contributed by atoms with Gasteiger partial charge >= 0.3 is 0 Å². The van der Waals surface area contributed by atoms with Crippen molar-refractivity contribution in [2.24, 2.45) is 17.1 Å². The normalized spacial score (nSPS) is 21.6. The molecule has 4 rings (SSSR count). The first-order chi connectivity index (χ1) is 12.1. The van der Waals surface area contributed by atoms with Crippen molar-refractivity contribution in [1.82, 2.24) is 4.57 Å². The van der Waals surface area contributed by atoms with E-state index in [1.807, 2.05) is 0 Å². The van der Waals surface area contributed by atoms with E-state index in [0.29, 0.717) is 17.3 Å². The van der Waals surface area contributed by atoms with Crippen molar-refractivity contribution < 1.29 is 0 Å². The van der Waals surface area contributed by atoms with E-state index in [2.05, 4.69) is 79.9 Å². The number of rotatable bonds is 5. The van der Waals surface area contributed by atoms with Gasteiger partial charge in [0.1, 0.15) is 0 Å². The number of hydrogen-bond donors (Lipinski definition) is 1. The fraction of sp³-hybridized carbons (Fsp3) is 0.391. The minimum Gasteiger partial charge on any atom is -0.340 e. The van der Waals surface area contributed by atoms with Crippen molar-refractivity contribution in [2.75, 3.05) is 6.54 Å². The van der Waals surface area contributed by atoms with Gasteiger partial charge in [0.25, 0.3) is 0 Å². The Morgan fingerprint density at radius 2 is 1.68 bits per heavy atom. The molecule has 1 heterocycles. The molecule has 0 spiro atoms. The zero-order valence-corrected chi connectivity index (χ0v) is 15.5. The van der Waals surface area contributed by atoms with Gasteiger partial charge in [-0.15, -0.1) is 0 Å². The molecule has 0 unspecified atom stereocenters. The highest BCUT2D eigenvalue weighted by Gasteiger charge is 2.58. The summed E-state index contributed by atoms with van der Waals surface area (Å²) in [5.41, 5.74) is 11.9. The van der Waals surface area contributed by atoms with Crippen LogP contribution in [0.5, 0.6) is 0 Å². The molecule has 1 aliphatic rings. The molecule has 2 heteroatoms.